The lowest BCUT2D eigenvalue weighted by atomic mass is 10.0. The number of para-hydroxylation sites is 4. The summed E-state index contributed by atoms with van der Waals surface area (Å²) in [6, 6.07) is 75.1. The van der Waals surface area contributed by atoms with Crippen molar-refractivity contribution in [1.82, 2.24) is 23.9 Å². The second-order valence-electron chi connectivity index (χ2n) is 15.8. The number of aromatic nitrogens is 5. The molecule has 13 rings (SSSR count). The molecule has 0 saturated heterocycles. The van der Waals surface area contributed by atoms with Crippen LogP contribution in [-0.2, 0) is 0 Å². The maximum Gasteiger partial charge on any atom is 0.168 e. The summed E-state index contributed by atoms with van der Waals surface area (Å²) < 4.78 is 13.5. The molecular formula is C56H35N5O. The van der Waals surface area contributed by atoms with Crippen molar-refractivity contribution in [3.8, 4) is 51.0 Å². The van der Waals surface area contributed by atoms with Gasteiger partial charge in [-0.05, 0) is 71.8 Å². The monoisotopic (exact) mass is 793 g/mol. The predicted octanol–water partition coefficient (Wildman–Crippen LogP) is 14.4. The largest absolute Gasteiger partial charge is 0.456 e. The highest BCUT2D eigenvalue weighted by atomic mass is 16.3. The van der Waals surface area contributed by atoms with Crippen molar-refractivity contribution in [2.24, 2.45) is 0 Å². The summed E-state index contributed by atoms with van der Waals surface area (Å²) in [6.07, 6.45) is 0. The van der Waals surface area contributed by atoms with Crippen molar-refractivity contribution in [1.29, 1.82) is 0 Å². The number of nitrogens with zero attached hydrogens (tertiary/aromatic N) is 5. The Morgan fingerprint density at radius 2 is 0.806 bits per heavy atom. The fourth-order valence-corrected chi connectivity index (χ4v) is 9.69. The molecule has 0 unspecified atom stereocenters. The van der Waals surface area contributed by atoms with Crippen LogP contribution in [0.2, 0.25) is 0 Å². The predicted molar refractivity (Wildman–Crippen MR) is 254 cm³/mol. The number of rotatable bonds is 6. The Morgan fingerprint density at radius 3 is 1.44 bits per heavy atom. The molecule has 0 aliphatic carbocycles. The van der Waals surface area contributed by atoms with Crippen LogP contribution in [0.3, 0.4) is 0 Å². The van der Waals surface area contributed by atoms with Gasteiger partial charge >= 0.3 is 0 Å². The fourth-order valence-electron chi connectivity index (χ4n) is 9.69. The third-order valence-electron chi connectivity index (χ3n) is 12.4. The number of hydrogen-bond donors (Lipinski definition) is 0. The molecule has 0 spiro atoms. The molecule has 6 heteroatoms. The lowest BCUT2D eigenvalue weighted by molar-refractivity contribution is 0.669. The normalized spacial score (nSPS) is 11.9. The lowest BCUT2D eigenvalue weighted by Crippen LogP contribution is -2.04. The SMILES string of the molecule is c1ccc(-c2nnc(-c3ccccc3)n2-c2cccc3c4ccccc4n(-c4cccc(-c5cccc(-n6c7ccccc7c7ccc8oc9ccccc9c8c76)c5)c4)c23)cc1. The maximum atomic E-state index is 6.42. The van der Waals surface area contributed by atoms with Crippen LogP contribution in [0.5, 0.6) is 0 Å². The van der Waals surface area contributed by atoms with Gasteiger partial charge in [-0.2, -0.15) is 0 Å². The first-order chi connectivity index (χ1) is 30.8. The van der Waals surface area contributed by atoms with E-state index < -0.39 is 0 Å². The Morgan fingerprint density at radius 1 is 0.323 bits per heavy atom. The summed E-state index contributed by atoms with van der Waals surface area (Å²) in [7, 11) is 0. The molecule has 0 amide bonds. The van der Waals surface area contributed by atoms with Gasteiger partial charge in [0.05, 0.1) is 33.1 Å². The number of benzene rings is 9. The van der Waals surface area contributed by atoms with Crippen molar-refractivity contribution in [2.45, 2.75) is 0 Å². The van der Waals surface area contributed by atoms with E-state index in [2.05, 4.69) is 208 Å². The van der Waals surface area contributed by atoms with Gasteiger partial charge in [-0.15, -0.1) is 10.2 Å². The molecule has 0 aliphatic heterocycles. The molecular weight excluding hydrogens is 759 g/mol. The summed E-state index contributed by atoms with van der Waals surface area (Å²) >= 11 is 0. The Bertz CT molecular complexity index is 3810. The Labute approximate surface area is 355 Å². The molecule has 0 saturated carbocycles. The summed E-state index contributed by atoms with van der Waals surface area (Å²) in [5.41, 5.74) is 13.7. The van der Waals surface area contributed by atoms with E-state index in [1.165, 1.54) is 16.2 Å². The molecule has 62 heavy (non-hydrogen) atoms. The molecule has 290 valence electrons. The minimum atomic E-state index is 0.782. The van der Waals surface area contributed by atoms with Gasteiger partial charge in [0.1, 0.15) is 11.2 Å². The summed E-state index contributed by atoms with van der Waals surface area (Å²) in [4.78, 5) is 0. The zero-order valence-electron chi connectivity index (χ0n) is 33.4. The van der Waals surface area contributed by atoms with Crippen molar-refractivity contribution < 1.29 is 4.42 Å². The highest BCUT2D eigenvalue weighted by Crippen LogP contribution is 2.42. The van der Waals surface area contributed by atoms with E-state index in [1.807, 2.05) is 18.2 Å². The zero-order chi connectivity index (χ0) is 40.7. The molecule has 4 aromatic heterocycles. The number of fused-ring (bicyclic) bond motifs is 10. The van der Waals surface area contributed by atoms with Crippen LogP contribution < -0.4 is 0 Å². The van der Waals surface area contributed by atoms with Gasteiger partial charge in [0.25, 0.3) is 0 Å². The molecule has 4 heterocycles. The Hall–Kier alpha value is -8.48. The van der Waals surface area contributed by atoms with Gasteiger partial charge in [0.15, 0.2) is 11.6 Å². The van der Waals surface area contributed by atoms with Crippen molar-refractivity contribution in [3.05, 3.63) is 212 Å². The van der Waals surface area contributed by atoms with E-state index in [1.54, 1.807) is 0 Å². The van der Waals surface area contributed by atoms with Crippen LogP contribution in [-0.4, -0.2) is 23.9 Å². The molecule has 13 aromatic rings. The van der Waals surface area contributed by atoms with Gasteiger partial charge in [-0.25, -0.2) is 0 Å². The minimum Gasteiger partial charge on any atom is -0.456 e. The van der Waals surface area contributed by atoms with Crippen LogP contribution in [0.1, 0.15) is 0 Å². The van der Waals surface area contributed by atoms with E-state index >= 15 is 0 Å². The maximum absolute atomic E-state index is 6.42. The topological polar surface area (TPSA) is 53.7 Å². The first kappa shape index (κ1) is 34.4. The summed E-state index contributed by atoms with van der Waals surface area (Å²) in [5.74, 6) is 1.56. The summed E-state index contributed by atoms with van der Waals surface area (Å²) in [5, 5.41) is 16.7. The second kappa shape index (κ2) is 13.5. The first-order valence-corrected chi connectivity index (χ1v) is 20.9. The van der Waals surface area contributed by atoms with Gasteiger partial charge in [0, 0.05) is 49.4 Å². The van der Waals surface area contributed by atoms with Crippen LogP contribution in [0.25, 0.3) is 117 Å². The molecule has 0 bridgehead atoms. The van der Waals surface area contributed by atoms with Crippen LogP contribution in [0.4, 0.5) is 0 Å². The number of hydrogen-bond acceptors (Lipinski definition) is 3. The van der Waals surface area contributed by atoms with Crippen molar-refractivity contribution in [3.63, 3.8) is 0 Å². The van der Waals surface area contributed by atoms with Crippen molar-refractivity contribution >= 4 is 65.6 Å². The standard InChI is InChI=1S/C56H35N5O/c1-3-16-36(17-4-1)55-57-58-56(37-18-5-2-6-19-37)61(55)49-30-15-27-44-42-24-7-10-28-47(42)59(53(44)49)40-22-13-20-38(34-40)39-21-14-23-41(35-39)60-48-29-11-8-25-43(48)45-32-33-51-52(54(45)60)46-26-9-12-31-50(46)62-51/h1-35H. The number of furan rings is 1. The van der Waals surface area contributed by atoms with Crippen LogP contribution >= 0.6 is 0 Å². The third-order valence-corrected chi connectivity index (χ3v) is 12.4. The van der Waals surface area contributed by atoms with Gasteiger partial charge in [-0.1, -0.05) is 152 Å². The van der Waals surface area contributed by atoms with E-state index in [4.69, 9.17) is 14.6 Å². The van der Waals surface area contributed by atoms with Crippen LogP contribution in [0.15, 0.2) is 217 Å². The molecule has 9 aromatic carbocycles. The smallest absolute Gasteiger partial charge is 0.168 e. The van der Waals surface area contributed by atoms with E-state index in [-0.39, 0.29) is 0 Å². The van der Waals surface area contributed by atoms with Gasteiger partial charge in [0.2, 0.25) is 0 Å². The van der Waals surface area contributed by atoms with E-state index in [0.717, 1.165) is 100 Å². The minimum absolute atomic E-state index is 0.782. The average molecular weight is 794 g/mol. The molecule has 0 fully saturated rings. The third kappa shape index (κ3) is 5.10. The second-order valence-corrected chi connectivity index (χ2v) is 15.8. The average Bonchev–Trinajstić information content (AvgIpc) is 4.12. The molecule has 0 atom stereocenters. The quantitative estimate of drug-likeness (QED) is 0.168. The molecule has 0 radical (unpaired) electrons. The summed E-state index contributed by atoms with van der Waals surface area (Å²) in [6.45, 7) is 0. The van der Waals surface area contributed by atoms with Crippen LogP contribution in [0, 0.1) is 0 Å². The van der Waals surface area contributed by atoms with Gasteiger partial charge < -0.3 is 13.6 Å². The highest BCUT2D eigenvalue weighted by Gasteiger charge is 2.24. The van der Waals surface area contributed by atoms with Crippen molar-refractivity contribution in [2.75, 3.05) is 0 Å². The fraction of sp³-hybridized carbons (Fsp3) is 0. The molecule has 0 aliphatic rings. The Kier molecular flexibility index (Phi) is 7.50. The van der Waals surface area contributed by atoms with Gasteiger partial charge in [-0.3, -0.25) is 4.57 Å². The lowest BCUT2D eigenvalue weighted by Gasteiger charge is -2.16. The highest BCUT2D eigenvalue weighted by molar-refractivity contribution is 6.24. The Balaban J connectivity index is 1.03. The first-order valence-electron chi connectivity index (χ1n) is 20.9. The van der Waals surface area contributed by atoms with E-state index in [0.29, 0.717) is 0 Å². The molecule has 0 N–H and O–H groups in total. The zero-order valence-corrected chi connectivity index (χ0v) is 33.4. The van der Waals surface area contributed by atoms with E-state index in [9.17, 15) is 0 Å². The molecule has 6 nitrogen and oxygen atoms in total.